The molecule has 0 saturated heterocycles. The Morgan fingerprint density at radius 2 is 1.71 bits per heavy atom. The Kier molecular flexibility index (Phi) is 6.64. The van der Waals surface area contributed by atoms with Crippen LogP contribution in [0.5, 0.6) is 5.75 Å². The maximum atomic E-state index is 5.64. The van der Waals surface area contributed by atoms with Crippen molar-refractivity contribution in [3.05, 3.63) is 60.2 Å². The van der Waals surface area contributed by atoms with Crippen molar-refractivity contribution in [2.24, 2.45) is 0 Å². The molecule has 0 heterocycles. The summed E-state index contributed by atoms with van der Waals surface area (Å²) in [4.78, 5) is 1.33. The predicted molar refractivity (Wildman–Crippen MR) is 91.1 cm³/mol. The van der Waals surface area contributed by atoms with E-state index < -0.39 is 0 Å². The van der Waals surface area contributed by atoms with Crippen molar-refractivity contribution in [3.63, 3.8) is 0 Å². The van der Waals surface area contributed by atoms with Gasteiger partial charge in [0.15, 0.2) is 0 Å². The number of hydrogen-bond acceptors (Lipinski definition) is 3. The van der Waals surface area contributed by atoms with Crippen molar-refractivity contribution >= 4 is 11.8 Å². The summed E-state index contributed by atoms with van der Waals surface area (Å²) >= 11 is 1.88. The van der Waals surface area contributed by atoms with E-state index in [4.69, 9.17) is 4.74 Å². The number of nitrogens with one attached hydrogen (secondary N) is 1. The van der Waals surface area contributed by atoms with Crippen LogP contribution >= 0.6 is 11.8 Å². The van der Waals surface area contributed by atoms with Crippen molar-refractivity contribution in [2.75, 3.05) is 12.3 Å². The topological polar surface area (TPSA) is 21.3 Å². The summed E-state index contributed by atoms with van der Waals surface area (Å²) in [6.07, 6.45) is 0.226. The molecule has 0 saturated carbocycles. The van der Waals surface area contributed by atoms with Crippen LogP contribution in [0.25, 0.3) is 0 Å². The lowest BCUT2D eigenvalue weighted by Crippen LogP contribution is -2.16. The third-order valence-electron chi connectivity index (χ3n) is 2.92. The Morgan fingerprint density at radius 3 is 2.38 bits per heavy atom. The zero-order valence-electron chi connectivity index (χ0n) is 12.7. The molecule has 112 valence electrons. The molecule has 1 N–H and O–H groups in total. The van der Waals surface area contributed by atoms with E-state index in [-0.39, 0.29) is 6.10 Å². The summed E-state index contributed by atoms with van der Waals surface area (Å²) in [5, 5.41) is 3.47. The van der Waals surface area contributed by atoms with E-state index in [2.05, 4.69) is 47.8 Å². The van der Waals surface area contributed by atoms with E-state index in [0.29, 0.717) is 0 Å². The lowest BCUT2D eigenvalue weighted by molar-refractivity contribution is 0.242. The van der Waals surface area contributed by atoms with E-state index in [0.717, 1.165) is 24.6 Å². The highest BCUT2D eigenvalue weighted by Crippen LogP contribution is 2.16. The van der Waals surface area contributed by atoms with Gasteiger partial charge in [-0.3, -0.25) is 0 Å². The summed E-state index contributed by atoms with van der Waals surface area (Å²) in [6, 6.07) is 18.8. The molecule has 0 unspecified atom stereocenters. The van der Waals surface area contributed by atoms with Gasteiger partial charge in [0.25, 0.3) is 0 Å². The fourth-order valence-corrected chi connectivity index (χ4v) is 2.78. The average Bonchev–Trinajstić information content (AvgIpc) is 2.49. The van der Waals surface area contributed by atoms with Crippen LogP contribution in [-0.2, 0) is 6.54 Å². The SMILES string of the molecule is CC(C)Oc1ccc(CNCCSc2ccccc2)cc1. The Hall–Kier alpha value is -1.45. The van der Waals surface area contributed by atoms with Gasteiger partial charge in [0, 0.05) is 23.7 Å². The van der Waals surface area contributed by atoms with E-state index >= 15 is 0 Å². The largest absolute Gasteiger partial charge is 0.491 e. The smallest absolute Gasteiger partial charge is 0.119 e. The fourth-order valence-electron chi connectivity index (χ4n) is 1.95. The normalized spacial score (nSPS) is 10.8. The van der Waals surface area contributed by atoms with Crippen molar-refractivity contribution in [2.45, 2.75) is 31.4 Å². The molecular weight excluding hydrogens is 278 g/mol. The molecule has 0 spiro atoms. The van der Waals surface area contributed by atoms with Gasteiger partial charge in [0.05, 0.1) is 6.10 Å². The lowest BCUT2D eigenvalue weighted by atomic mass is 10.2. The van der Waals surface area contributed by atoms with Crippen LogP contribution in [0.1, 0.15) is 19.4 Å². The van der Waals surface area contributed by atoms with Crippen LogP contribution in [0.2, 0.25) is 0 Å². The summed E-state index contributed by atoms with van der Waals surface area (Å²) < 4.78 is 5.64. The molecule has 0 aliphatic rings. The highest BCUT2D eigenvalue weighted by Gasteiger charge is 1.98. The van der Waals surface area contributed by atoms with Crippen LogP contribution in [0.4, 0.5) is 0 Å². The van der Waals surface area contributed by atoms with Gasteiger partial charge in [0.1, 0.15) is 5.75 Å². The standard InChI is InChI=1S/C18H23NOS/c1-15(2)20-17-10-8-16(9-11-17)14-19-12-13-21-18-6-4-3-5-7-18/h3-11,15,19H,12-14H2,1-2H3. The van der Waals surface area contributed by atoms with Gasteiger partial charge in [-0.2, -0.15) is 0 Å². The molecule has 0 atom stereocenters. The van der Waals surface area contributed by atoms with Gasteiger partial charge in [-0.25, -0.2) is 0 Å². The number of rotatable bonds is 8. The van der Waals surface area contributed by atoms with Gasteiger partial charge in [-0.05, 0) is 43.7 Å². The molecule has 0 aliphatic carbocycles. The Bertz CT molecular complexity index is 511. The van der Waals surface area contributed by atoms with Crippen LogP contribution in [-0.4, -0.2) is 18.4 Å². The molecule has 2 aromatic rings. The van der Waals surface area contributed by atoms with E-state index in [1.165, 1.54) is 10.5 Å². The quantitative estimate of drug-likeness (QED) is 0.578. The molecule has 0 aliphatic heterocycles. The lowest BCUT2D eigenvalue weighted by Gasteiger charge is -2.10. The van der Waals surface area contributed by atoms with Crippen molar-refractivity contribution < 1.29 is 4.74 Å². The highest BCUT2D eigenvalue weighted by atomic mass is 32.2. The molecule has 0 amide bonds. The van der Waals surface area contributed by atoms with Gasteiger partial charge < -0.3 is 10.1 Å². The van der Waals surface area contributed by atoms with Crippen molar-refractivity contribution in [1.29, 1.82) is 0 Å². The Balaban J connectivity index is 1.64. The molecule has 0 radical (unpaired) electrons. The molecule has 2 aromatic carbocycles. The number of benzene rings is 2. The predicted octanol–water partition coefficient (Wildman–Crippen LogP) is 4.36. The van der Waals surface area contributed by atoms with E-state index in [9.17, 15) is 0 Å². The zero-order chi connectivity index (χ0) is 14.9. The van der Waals surface area contributed by atoms with Gasteiger partial charge >= 0.3 is 0 Å². The summed E-state index contributed by atoms with van der Waals surface area (Å²) in [7, 11) is 0. The minimum atomic E-state index is 0.226. The molecular formula is C18H23NOS. The molecule has 2 rings (SSSR count). The van der Waals surface area contributed by atoms with Crippen LogP contribution < -0.4 is 10.1 Å². The van der Waals surface area contributed by atoms with Gasteiger partial charge in [-0.1, -0.05) is 30.3 Å². The number of thioether (sulfide) groups is 1. The summed E-state index contributed by atoms with van der Waals surface area (Å²) in [5.41, 5.74) is 1.29. The van der Waals surface area contributed by atoms with E-state index in [1.54, 1.807) is 0 Å². The molecule has 0 fully saturated rings. The van der Waals surface area contributed by atoms with Crippen LogP contribution in [0.3, 0.4) is 0 Å². The van der Waals surface area contributed by atoms with Crippen LogP contribution in [0.15, 0.2) is 59.5 Å². The second kappa shape index (κ2) is 8.75. The average molecular weight is 301 g/mol. The first-order valence-electron chi connectivity index (χ1n) is 7.38. The second-order valence-corrected chi connectivity index (χ2v) is 6.32. The fraction of sp³-hybridized carbons (Fsp3) is 0.333. The zero-order valence-corrected chi connectivity index (χ0v) is 13.5. The third kappa shape index (κ3) is 6.23. The Morgan fingerprint density at radius 1 is 1.00 bits per heavy atom. The number of ether oxygens (including phenoxy) is 1. The second-order valence-electron chi connectivity index (χ2n) is 5.15. The van der Waals surface area contributed by atoms with E-state index in [1.807, 2.05) is 37.7 Å². The monoisotopic (exact) mass is 301 g/mol. The molecule has 2 nitrogen and oxygen atoms in total. The minimum absolute atomic E-state index is 0.226. The molecule has 3 heteroatoms. The molecule has 0 aromatic heterocycles. The van der Waals surface area contributed by atoms with Gasteiger partial charge in [-0.15, -0.1) is 11.8 Å². The van der Waals surface area contributed by atoms with Crippen molar-refractivity contribution in [3.8, 4) is 5.75 Å². The molecule has 21 heavy (non-hydrogen) atoms. The highest BCUT2D eigenvalue weighted by molar-refractivity contribution is 7.99. The first-order valence-corrected chi connectivity index (χ1v) is 8.37. The van der Waals surface area contributed by atoms with Crippen LogP contribution in [0, 0.1) is 0 Å². The van der Waals surface area contributed by atoms with Gasteiger partial charge in [0.2, 0.25) is 0 Å². The van der Waals surface area contributed by atoms with Crippen molar-refractivity contribution in [1.82, 2.24) is 5.32 Å². The molecule has 0 bridgehead atoms. The Labute approximate surface area is 131 Å². The minimum Gasteiger partial charge on any atom is -0.491 e. The maximum absolute atomic E-state index is 5.64. The number of hydrogen-bond donors (Lipinski definition) is 1. The maximum Gasteiger partial charge on any atom is 0.119 e. The third-order valence-corrected chi connectivity index (χ3v) is 3.93. The first kappa shape index (κ1) is 15.9. The summed E-state index contributed by atoms with van der Waals surface area (Å²) in [5.74, 6) is 2.02. The first-order chi connectivity index (χ1) is 10.2. The summed E-state index contributed by atoms with van der Waals surface area (Å²) in [6.45, 7) is 5.99.